The molecule has 4 aliphatic rings. The molecule has 6 heteroatoms. The lowest BCUT2D eigenvalue weighted by atomic mass is 9.94. The van der Waals surface area contributed by atoms with Crippen LogP contribution in [0.5, 0.6) is 5.75 Å². The van der Waals surface area contributed by atoms with E-state index < -0.39 is 0 Å². The van der Waals surface area contributed by atoms with Crippen molar-refractivity contribution in [3.63, 3.8) is 0 Å². The number of carbonyl (C=O) groups is 1. The van der Waals surface area contributed by atoms with Gasteiger partial charge in [0.05, 0.1) is 23.7 Å². The van der Waals surface area contributed by atoms with Crippen molar-refractivity contribution in [3.8, 4) is 5.75 Å². The van der Waals surface area contributed by atoms with E-state index in [4.69, 9.17) is 4.74 Å². The molecule has 1 aromatic heterocycles. The first-order chi connectivity index (χ1) is 13.5. The molecule has 3 fully saturated rings. The minimum absolute atomic E-state index is 0.106. The van der Waals surface area contributed by atoms with E-state index in [1.165, 1.54) is 11.1 Å². The van der Waals surface area contributed by atoms with E-state index in [1.807, 2.05) is 5.51 Å². The van der Waals surface area contributed by atoms with Crippen LogP contribution in [0.25, 0.3) is 0 Å². The molecule has 28 heavy (non-hydrogen) atoms. The maximum Gasteiger partial charge on any atom is 0.227 e. The fraction of sp³-hybridized carbons (Fsp3) is 0.545. The number of nitrogens with zero attached hydrogens (tertiary/aromatic N) is 3. The highest BCUT2D eigenvalue weighted by Crippen LogP contribution is 2.36. The molecule has 0 N–H and O–H groups in total. The highest BCUT2D eigenvalue weighted by atomic mass is 32.1. The minimum atomic E-state index is -0.106. The number of benzene rings is 1. The molecule has 2 atom stereocenters. The van der Waals surface area contributed by atoms with Gasteiger partial charge >= 0.3 is 0 Å². The molecule has 2 bridgehead atoms. The van der Waals surface area contributed by atoms with Gasteiger partial charge in [0, 0.05) is 37.5 Å². The van der Waals surface area contributed by atoms with Crippen molar-refractivity contribution in [2.75, 3.05) is 13.1 Å². The van der Waals surface area contributed by atoms with Gasteiger partial charge in [0.15, 0.2) is 0 Å². The third-order valence-electron chi connectivity index (χ3n) is 6.22. The second-order valence-corrected chi connectivity index (χ2v) is 9.77. The van der Waals surface area contributed by atoms with Crippen LogP contribution in [0.4, 0.5) is 0 Å². The standard InChI is InChI=1S/C22H27N3O2S/c1-22(2)8-17-7-15(3-6-20(17)27-22)9-24-10-16-4-5-19(12-24)25(21(16)26)11-18-13-28-14-23-18/h3,6-7,13-14,16,19H,4-5,8-12H2,1-2H3/t16-,19+/m0/s1. The maximum atomic E-state index is 13.0. The van der Waals surface area contributed by atoms with Crippen LogP contribution in [-0.2, 0) is 24.3 Å². The number of carbonyl (C=O) groups excluding carboxylic acids is 1. The van der Waals surface area contributed by atoms with Crippen molar-refractivity contribution < 1.29 is 9.53 Å². The fourth-order valence-electron chi connectivity index (χ4n) is 4.98. The number of ether oxygens (including phenoxy) is 1. The Morgan fingerprint density at radius 2 is 2.14 bits per heavy atom. The van der Waals surface area contributed by atoms with Crippen molar-refractivity contribution >= 4 is 17.2 Å². The summed E-state index contributed by atoms with van der Waals surface area (Å²) in [6.07, 6.45) is 3.07. The lowest BCUT2D eigenvalue weighted by molar-refractivity contribution is -0.140. The zero-order valence-electron chi connectivity index (χ0n) is 16.6. The predicted octanol–water partition coefficient (Wildman–Crippen LogP) is 3.48. The highest BCUT2D eigenvalue weighted by molar-refractivity contribution is 7.07. The van der Waals surface area contributed by atoms with Gasteiger partial charge < -0.3 is 9.64 Å². The fourth-order valence-corrected chi connectivity index (χ4v) is 5.53. The Balaban J connectivity index is 1.31. The molecule has 4 aliphatic heterocycles. The number of aromatic nitrogens is 1. The second-order valence-electron chi connectivity index (χ2n) is 9.05. The van der Waals surface area contributed by atoms with Crippen LogP contribution in [0, 0.1) is 5.92 Å². The monoisotopic (exact) mass is 397 g/mol. The molecule has 0 saturated carbocycles. The SMILES string of the molecule is CC1(C)Cc2cc(CN3C[C@@H]4CC[C@H](C3)N(Cc3cscn3)C4=O)ccc2O1. The van der Waals surface area contributed by atoms with Gasteiger partial charge in [0.25, 0.3) is 0 Å². The van der Waals surface area contributed by atoms with Crippen LogP contribution in [0.2, 0.25) is 0 Å². The van der Waals surface area contributed by atoms with Crippen molar-refractivity contribution in [3.05, 3.63) is 45.9 Å². The first kappa shape index (κ1) is 18.1. The molecule has 6 rings (SSSR count). The van der Waals surface area contributed by atoms with Crippen LogP contribution in [0.15, 0.2) is 29.1 Å². The largest absolute Gasteiger partial charge is 0.487 e. The molecule has 0 spiro atoms. The van der Waals surface area contributed by atoms with Crippen LogP contribution >= 0.6 is 11.3 Å². The maximum absolute atomic E-state index is 13.0. The third-order valence-corrected chi connectivity index (χ3v) is 6.85. The molecule has 1 amide bonds. The van der Waals surface area contributed by atoms with Gasteiger partial charge in [-0.05, 0) is 43.9 Å². The molecule has 3 saturated heterocycles. The average Bonchev–Trinajstić information content (AvgIpc) is 3.17. The van der Waals surface area contributed by atoms with Crippen LogP contribution in [0.1, 0.15) is 43.5 Å². The van der Waals surface area contributed by atoms with Gasteiger partial charge in [-0.15, -0.1) is 11.3 Å². The van der Waals surface area contributed by atoms with E-state index in [2.05, 4.69) is 52.2 Å². The molecule has 1 aromatic carbocycles. The topological polar surface area (TPSA) is 45.7 Å². The summed E-state index contributed by atoms with van der Waals surface area (Å²) in [5, 5.41) is 2.05. The number of rotatable bonds is 4. The number of piperidine rings is 1. The summed E-state index contributed by atoms with van der Waals surface area (Å²) in [5.74, 6) is 1.46. The van der Waals surface area contributed by atoms with E-state index in [1.54, 1.807) is 11.3 Å². The number of amides is 1. The summed E-state index contributed by atoms with van der Waals surface area (Å²) in [6.45, 7) is 7.65. The van der Waals surface area contributed by atoms with E-state index in [-0.39, 0.29) is 11.5 Å². The van der Waals surface area contributed by atoms with Crippen LogP contribution in [-0.4, -0.2) is 45.4 Å². The molecule has 0 unspecified atom stereocenters. The average molecular weight is 398 g/mol. The summed E-state index contributed by atoms with van der Waals surface area (Å²) in [7, 11) is 0. The summed E-state index contributed by atoms with van der Waals surface area (Å²) in [4.78, 5) is 22.0. The summed E-state index contributed by atoms with van der Waals surface area (Å²) >= 11 is 1.60. The predicted molar refractivity (Wildman–Crippen MR) is 109 cm³/mol. The van der Waals surface area contributed by atoms with Crippen LogP contribution < -0.4 is 4.74 Å². The molecule has 0 radical (unpaired) electrons. The van der Waals surface area contributed by atoms with Crippen molar-refractivity contribution in [2.45, 2.75) is 57.8 Å². The van der Waals surface area contributed by atoms with Crippen molar-refractivity contribution in [2.24, 2.45) is 5.92 Å². The molecule has 5 nitrogen and oxygen atoms in total. The first-order valence-corrected chi connectivity index (χ1v) is 11.1. The zero-order chi connectivity index (χ0) is 19.3. The lowest BCUT2D eigenvalue weighted by Crippen LogP contribution is -2.47. The van der Waals surface area contributed by atoms with Crippen molar-refractivity contribution in [1.82, 2.24) is 14.8 Å². The number of hydrogen-bond donors (Lipinski definition) is 0. The summed E-state index contributed by atoms with van der Waals surface area (Å²) in [5.41, 5.74) is 5.38. The first-order valence-electron chi connectivity index (χ1n) is 10.2. The van der Waals surface area contributed by atoms with E-state index in [9.17, 15) is 4.79 Å². The number of thiazole rings is 1. The highest BCUT2D eigenvalue weighted by Gasteiger charge is 2.40. The van der Waals surface area contributed by atoms with Crippen molar-refractivity contribution in [1.29, 1.82) is 0 Å². The minimum Gasteiger partial charge on any atom is -0.487 e. The van der Waals surface area contributed by atoms with E-state index in [0.717, 1.165) is 50.3 Å². The Hall–Kier alpha value is -1.92. The van der Waals surface area contributed by atoms with E-state index >= 15 is 0 Å². The molecule has 0 aliphatic carbocycles. The van der Waals surface area contributed by atoms with Gasteiger partial charge in [-0.2, -0.15) is 0 Å². The lowest BCUT2D eigenvalue weighted by Gasteiger charge is -2.35. The molecular weight excluding hydrogens is 370 g/mol. The van der Waals surface area contributed by atoms with E-state index in [0.29, 0.717) is 18.5 Å². The quantitative estimate of drug-likeness (QED) is 0.792. The summed E-state index contributed by atoms with van der Waals surface area (Å²) < 4.78 is 6.01. The van der Waals surface area contributed by atoms with Gasteiger partial charge in [-0.1, -0.05) is 12.1 Å². The molecule has 5 heterocycles. The number of fused-ring (bicyclic) bond motifs is 5. The van der Waals surface area contributed by atoms with Gasteiger partial charge in [0.2, 0.25) is 5.91 Å². The second kappa shape index (κ2) is 6.85. The Kier molecular flexibility index (Phi) is 4.43. The normalized spacial score (nSPS) is 26.2. The Bertz CT molecular complexity index is 880. The smallest absolute Gasteiger partial charge is 0.227 e. The Morgan fingerprint density at radius 1 is 1.25 bits per heavy atom. The summed E-state index contributed by atoms with van der Waals surface area (Å²) in [6, 6.07) is 6.89. The Labute approximate surface area is 170 Å². The van der Waals surface area contributed by atoms with Gasteiger partial charge in [0.1, 0.15) is 11.4 Å². The van der Waals surface area contributed by atoms with Gasteiger partial charge in [-0.3, -0.25) is 9.69 Å². The molecule has 2 aromatic rings. The molecular formula is C22H27N3O2S. The third kappa shape index (κ3) is 3.44. The Morgan fingerprint density at radius 3 is 2.96 bits per heavy atom. The number of hydrogen-bond acceptors (Lipinski definition) is 5. The zero-order valence-corrected chi connectivity index (χ0v) is 17.4. The van der Waals surface area contributed by atoms with Crippen LogP contribution in [0.3, 0.4) is 0 Å². The van der Waals surface area contributed by atoms with Gasteiger partial charge in [-0.25, -0.2) is 4.98 Å². The molecule has 148 valence electrons.